The number of fused-ring (bicyclic) bond motifs is 2. The fourth-order valence-corrected chi connectivity index (χ4v) is 2.50. The number of halogens is 3. The molecule has 1 nitrogen and oxygen atoms in total. The molecule has 3 aromatic rings. The number of rotatable bonds is 2. The first-order chi connectivity index (χ1) is 9.51. The van der Waals surface area contributed by atoms with Crippen LogP contribution in [0.15, 0.2) is 54.6 Å². The Labute approximate surface area is 113 Å². The van der Waals surface area contributed by atoms with Crippen LogP contribution in [0.5, 0.6) is 0 Å². The molecule has 0 saturated carbocycles. The summed E-state index contributed by atoms with van der Waals surface area (Å²) in [6.07, 6.45) is -3.52. The van der Waals surface area contributed by atoms with Crippen LogP contribution >= 0.6 is 0 Å². The minimum atomic E-state index is -3.68. The van der Waals surface area contributed by atoms with E-state index in [-0.39, 0.29) is 16.3 Å². The molecule has 0 amide bonds. The normalized spacial score (nSPS) is 14.8. The molecule has 102 valence electrons. The van der Waals surface area contributed by atoms with Gasteiger partial charge in [0, 0.05) is 5.56 Å². The van der Waals surface area contributed by atoms with E-state index < -0.39 is 12.3 Å². The third-order valence-corrected chi connectivity index (χ3v) is 3.41. The van der Waals surface area contributed by atoms with E-state index in [0.717, 1.165) is 0 Å². The lowest BCUT2D eigenvalue weighted by Crippen LogP contribution is -2.29. The van der Waals surface area contributed by atoms with Gasteiger partial charge in [0.1, 0.15) is 0 Å². The number of benzene rings is 3. The largest absolute Gasteiger partial charge is 0.354 e. The van der Waals surface area contributed by atoms with Crippen molar-refractivity contribution in [3.8, 4) is 0 Å². The number of hydrogen-bond acceptors (Lipinski definition) is 1. The summed E-state index contributed by atoms with van der Waals surface area (Å²) in [5.74, 6) is -3.68. The summed E-state index contributed by atoms with van der Waals surface area (Å²) < 4.78 is 40.1. The number of alkyl halides is 3. The topological polar surface area (TPSA) is 20.2 Å². The van der Waals surface area contributed by atoms with Gasteiger partial charge in [-0.05, 0) is 27.6 Å². The van der Waals surface area contributed by atoms with Crippen LogP contribution in [-0.2, 0) is 5.85 Å². The SMILES string of the molecule is OC(F)(c1c2ccccc2cc2ccccc12)C(F)F. The van der Waals surface area contributed by atoms with Gasteiger partial charge in [-0.3, -0.25) is 0 Å². The summed E-state index contributed by atoms with van der Waals surface area (Å²) in [4.78, 5) is 0. The first kappa shape index (κ1) is 12.9. The van der Waals surface area contributed by atoms with Gasteiger partial charge >= 0.3 is 6.43 Å². The third-order valence-electron chi connectivity index (χ3n) is 3.41. The Balaban J connectivity index is 2.52. The molecule has 4 heteroatoms. The Morgan fingerprint density at radius 1 is 0.850 bits per heavy atom. The smallest absolute Gasteiger partial charge is 0.300 e. The monoisotopic (exact) mass is 276 g/mol. The summed E-state index contributed by atoms with van der Waals surface area (Å²) >= 11 is 0. The Morgan fingerprint density at radius 2 is 1.30 bits per heavy atom. The third kappa shape index (κ3) is 1.84. The molecule has 0 heterocycles. The zero-order valence-electron chi connectivity index (χ0n) is 10.4. The Bertz CT molecular complexity index is 727. The second kappa shape index (κ2) is 4.49. The zero-order valence-corrected chi connectivity index (χ0v) is 10.4. The van der Waals surface area contributed by atoms with Gasteiger partial charge in [0.05, 0.1) is 0 Å². The fourth-order valence-electron chi connectivity index (χ4n) is 2.50. The first-order valence-corrected chi connectivity index (χ1v) is 6.12. The van der Waals surface area contributed by atoms with Crippen molar-refractivity contribution in [1.82, 2.24) is 0 Å². The van der Waals surface area contributed by atoms with Gasteiger partial charge in [0.2, 0.25) is 0 Å². The first-order valence-electron chi connectivity index (χ1n) is 6.12. The average molecular weight is 276 g/mol. The van der Waals surface area contributed by atoms with Crippen molar-refractivity contribution < 1.29 is 18.3 Å². The molecule has 0 bridgehead atoms. The summed E-state index contributed by atoms with van der Waals surface area (Å²) in [5.41, 5.74) is -0.374. The van der Waals surface area contributed by atoms with Crippen molar-refractivity contribution in [3.05, 3.63) is 60.2 Å². The molecular formula is C16H11F3O. The highest BCUT2D eigenvalue weighted by Gasteiger charge is 2.42. The van der Waals surface area contributed by atoms with Crippen LogP contribution in [0.25, 0.3) is 21.5 Å². The van der Waals surface area contributed by atoms with Gasteiger partial charge < -0.3 is 5.11 Å². The second-order valence-corrected chi connectivity index (χ2v) is 4.67. The molecule has 3 aromatic carbocycles. The molecule has 0 radical (unpaired) electrons. The Hall–Kier alpha value is -2.07. The van der Waals surface area contributed by atoms with Crippen LogP contribution in [0.4, 0.5) is 13.2 Å². The van der Waals surface area contributed by atoms with Gasteiger partial charge in [0.15, 0.2) is 0 Å². The molecule has 0 fully saturated rings. The lowest BCUT2D eigenvalue weighted by atomic mass is 9.92. The zero-order chi connectivity index (χ0) is 14.3. The van der Waals surface area contributed by atoms with Gasteiger partial charge in [0.25, 0.3) is 5.85 Å². The summed E-state index contributed by atoms with van der Waals surface area (Å²) in [5, 5.41) is 11.4. The van der Waals surface area contributed by atoms with Crippen molar-refractivity contribution in [2.75, 3.05) is 0 Å². The van der Waals surface area contributed by atoms with Crippen molar-refractivity contribution in [1.29, 1.82) is 0 Å². The van der Waals surface area contributed by atoms with Gasteiger partial charge in [-0.25, -0.2) is 13.2 Å². The van der Waals surface area contributed by atoms with E-state index in [0.29, 0.717) is 10.8 Å². The van der Waals surface area contributed by atoms with E-state index in [2.05, 4.69) is 0 Å². The standard InChI is InChI=1S/C16H11F3O/c17-15(18)16(19,20)14-12-7-3-1-5-10(12)9-11-6-2-4-8-13(11)14/h1-9,15,20H. The molecule has 1 unspecified atom stereocenters. The van der Waals surface area contributed by atoms with Crippen LogP contribution in [0, 0.1) is 0 Å². The minimum Gasteiger partial charge on any atom is -0.354 e. The molecule has 0 aromatic heterocycles. The van der Waals surface area contributed by atoms with Crippen LogP contribution in [0.2, 0.25) is 0 Å². The molecule has 0 aliphatic heterocycles. The molecule has 1 atom stereocenters. The molecule has 20 heavy (non-hydrogen) atoms. The predicted octanol–water partition coefficient (Wildman–Crippen LogP) is 4.37. The van der Waals surface area contributed by atoms with E-state index >= 15 is 0 Å². The lowest BCUT2D eigenvalue weighted by molar-refractivity contribution is -0.192. The van der Waals surface area contributed by atoms with Crippen molar-refractivity contribution in [2.45, 2.75) is 12.3 Å². The van der Waals surface area contributed by atoms with Crippen molar-refractivity contribution in [3.63, 3.8) is 0 Å². The van der Waals surface area contributed by atoms with Crippen LogP contribution in [-0.4, -0.2) is 11.5 Å². The molecule has 0 aliphatic rings. The number of aliphatic hydroxyl groups is 1. The molecule has 0 aliphatic carbocycles. The maximum atomic E-state index is 14.2. The summed E-state index contributed by atoms with van der Waals surface area (Å²) in [6, 6.07) is 15.0. The molecule has 0 spiro atoms. The van der Waals surface area contributed by atoms with Crippen LogP contribution < -0.4 is 0 Å². The predicted molar refractivity (Wildman–Crippen MR) is 72.5 cm³/mol. The highest BCUT2D eigenvalue weighted by atomic mass is 19.3. The highest BCUT2D eigenvalue weighted by molar-refractivity contribution is 6.02. The van der Waals surface area contributed by atoms with E-state index in [4.69, 9.17) is 0 Å². The lowest BCUT2D eigenvalue weighted by Gasteiger charge is -2.22. The summed E-state index contributed by atoms with van der Waals surface area (Å²) in [6.45, 7) is 0. The fraction of sp³-hybridized carbons (Fsp3) is 0.125. The quantitative estimate of drug-likeness (QED) is 0.689. The average Bonchev–Trinajstić information content (AvgIpc) is 2.44. The number of hydrogen-bond donors (Lipinski definition) is 1. The molecular weight excluding hydrogens is 265 g/mol. The maximum absolute atomic E-state index is 14.2. The van der Waals surface area contributed by atoms with E-state index in [1.54, 1.807) is 42.5 Å². The van der Waals surface area contributed by atoms with E-state index in [1.807, 2.05) is 0 Å². The van der Waals surface area contributed by atoms with Gasteiger partial charge in [-0.1, -0.05) is 48.5 Å². The van der Waals surface area contributed by atoms with E-state index in [9.17, 15) is 18.3 Å². The maximum Gasteiger partial charge on any atom is 0.300 e. The van der Waals surface area contributed by atoms with Crippen molar-refractivity contribution in [2.24, 2.45) is 0 Å². The minimum absolute atomic E-state index is 0.288. The van der Waals surface area contributed by atoms with Crippen LogP contribution in [0.1, 0.15) is 5.56 Å². The highest BCUT2D eigenvalue weighted by Crippen LogP contribution is 2.39. The summed E-state index contributed by atoms with van der Waals surface area (Å²) in [7, 11) is 0. The van der Waals surface area contributed by atoms with Gasteiger partial charge in [-0.15, -0.1) is 0 Å². The van der Waals surface area contributed by atoms with Crippen molar-refractivity contribution >= 4 is 21.5 Å². The Kier molecular flexibility index (Phi) is 2.91. The molecule has 1 N–H and O–H groups in total. The molecule has 0 saturated heterocycles. The Morgan fingerprint density at radius 3 is 1.75 bits per heavy atom. The second-order valence-electron chi connectivity index (χ2n) is 4.67. The van der Waals surface area contributed by atoms with E-state index in [1.165, 1.54) is 12.1 Å². The van der Waals surface area contributed by atoms with Crippen LogP contribution in [0.3, 0.4) is 0 Å². The molecule has 3 rings (SSSR count). The van der Waals surface area contributed by atoms with Gasteiger partial charge in [-0.2, -0.15) is 0 Å².